The first kappa shape index (κ1) is 15.5. The van der Waals surface area contributed by atoms with Crippen molar-refractivity contribution in [1.29, 1.82) is 0 Å². The summed E-state index contributed by atoms with van der Waals surface area (Å²) in [4.78, 5) is 22.1. The first-order valence-corrected chi connectivity index (χ1v) is 6.02. The molecule has 8 nitrogen and oxygen atoms in total. The van der Waals surface area contributed by atoms with Gasteiger partial charge in [0.25, 0.3) is 5.56 Å². The van der Waals surface area contributed by atoms with E-state index in [4.69, 9.17) is 5.73 Å². The number of aliphatic hydroxyl groups is 2. The summed E-state index contributed by atoms with van der Waals surface area (Å²) in [6.07, 6.45) is 2.26. The third-order valence-corrected chi connectivity index (χ3v) is 3.87. The molecule has 0 amide bonds. The molecule has 1 radical (unpaired) electrons. The molecular formula is C11H15N5NaO3. The van der Waals surface area contributed by atoms with E-state index in [-0.39, 0.29) is 71.1 Å². The second kappa shape index (κ2) is 5.45. The quantitative estimate of drug-likeness (QED) is 0.497. The smallest absolute Gasteiger partial charge is 0.280 e. The fraction of sp³-hybridized carbons (Fsp3) is 0.545. The largest absolute Gasteiger partial charge is 0.396 e. The van der Waals surface area contributed by atoms with E-state index in [9.17, 15) is 15.0 Å². The third-order valence-electron chi connectivity index (χ3n) is 3.87. The standard InChI is InChI=1S/C11H15N5O3.Na/c12-10-14-8-7(9(19)15-10)13-5-16(8)3-11(4-18)1-6(11)2-17;/h5-6,17-18H,1-4H2,(H3,12,14,15,19);/t6-,11-;/m0./s1. The van der Waals surface area contributed by atoms with Crippen LogP contribution in [0.3, 0.4) is 0 Å². The summed E-state index contributed by atoms with van der Waals surface area (Å²) in [6, 6.07) is 0. The van der Waals surface area contributed by atoms with Gasteiger partial charge in [0.05, 0.1) is 12.9 Å². The van der Waals surface area contributed by atoms with Crippen molar-refractivity contribution < 1.29 is 10.2 Å². The molecule has 9 heteroatoms. The van der Waals surface area contributed by atoms with Gasteiger partial charge in [0.2, 0.25) is 5.95 Å². The summed E-state index contributed by atoms with van der Waals surface area (Å²) in [6.45, 7) is 0.487. The van der Waals surface area contributed by atoms with Gasteiger partial charge in [-0.25, -0.2) is 4.98 Å². The maximum Gasteiger partial charge on any atom is 0.280 e. The number of fused-ring (bicyclic) bond motifs is 1. The van der Waals surface area contributed by atoms with Crippen molar-refractivity contribution in [2.24, 2.45) is 11.3 Å². The number of aliphatic hydroxyl groups excluding tert-OH is 2. The van der Waals surface area contributed by atoms with Crippen molar-refractivity contribution in [3.8, 4) is 0 Å². The minimum absolute atomic E-state index is 0. The number of anilines is 1. The van der Waals surface area contributed by atoms with Gasteiger partial charge in [-0.05, 0) is 12.3 Å². The normalized spacial score (nSPS) is 24.6. The summed E-state index contributed by atoms with van der Waals surface area (Å²) in [5, 5.41) is 18.7. The molecule has 0 unspecified atom stereocenters. The predicted octanol–water partition coefficient (Wildman–Crippen LogP) is -1.69. The van der Waals surface area contributed by atoms with Gasteiger partial charge >= 0.3 is 0 Å². The molecule has 103 valence electrons. The molecule has 2 atom stereocenters. The number of rotatable bonds is 4. The maximum absolute atomic E-state index is 11.6. The van der Waals surface area contributed by atoms with Gasteiger partial charge in [0, 0.05) is 48.1 Å². The third kappa shape index (κ3) is 2.38. The van der Waals surface area contributed by atoms with Crippen molar-refractivity contribution in [2.45, 2.75) is 13.0 Å². The van der Waals surface area contributed by atoms with Crippen LogP contribution in [0.15, 0.2) is 11.1 Å². The molecule has 1 saturated carbocycles. The summed E-state index contributed by atoms with van der Waals surface area (Å²) in [7, 11) is 0. The molecule has 0 aliphatic heterocycles. The molecule has 2 heterocycles. The van der Waals surface area contributed by atoms with Gasteiger partial charge < -0.3 is 20.5 Å². The first-order valence-electron chi connectivity index (χ1n) is 6.02. The molecule has 5 N–H and O–H groups in total. The number of aromatic nitrogens is 4. The Morgan fingerprint density at radius 2 is 2.30 bits per heavy atom. The Bertz CT molecular complexity index is 684. The molecule has 3 rings (SSSR count). The molecule has 0 spiro atoms. The fourth-order valence-electron chi connectivity index (χ4n) is 2.55. The van der Waals surface area contributed by atoms with E-state index >= 15 is 0 Å². The molecule has 20 heavy (non-hydrogen) atoms. The van der Waals surface area contributed by atoms with Crippen LogP contribution in [0, 0.1) is 11.3 Å². The zero-order valence-electron chi connectivity index (χ0n) is 11.2. The summed E-state index contributed by atoms with van der Waals surface area (Å²) in [5.41, 5.74) is 5.42. The number of nitrogens with two attached hydrogens (primary N) is 1. The topological polar surface area (TPSA) is 130 Å². The van der Waals surface area contributed by atoms with Crippen molar-refractivity contribution in [3.05, 3.63) is 16.7 Å². The molecule has 2 aromatic rings. The van der Waals surface area contributed by atoms with Gasteiger partial charge in [-0.1, -0.05) is 0 Å². The molecule has 1 aliphatic carbocycles. The van der Waals surface area contributed by atoms with Gasteiger partial charge in [0.1, 0.15) is 0 Å². The van der Waals surface area contributed by atoms with E-state index in [1.165, 1.54) is 6.33 Å². The predicted molar refractivity (Wildman–Crippen MR) is 73.0 cm³/mol. The van der Waals surface area contributed by atoms with Crippen LogP contribution in [0.5, 0.6) is 0 Å². The van der Waals surface area contributed by atoms with E-state index in [1.807, 2.05) is 0 Å². The number of nitrogens with one attached hydrogen (secondary N) is 1. The van der Waals surface area contributed by atoms with Crippen LogP contribution in [-0.2, 0) is 6.54 Å². The van der Waals surface area contributed by atoms with Crippen molar-refractivity contribution in [3.63, 3.8) is 0 Å². The van der Waals surface area contributed by atoms with Crippen molar-refractivity contribution >= 4 is 46.7 Å². The Kier molecular flexibility index (Phi) is 4.22. The van der Waals surface area contributed by atoms with Crippen LogP contribution < -0.4 is 11.3 Å². The van der Waals surface area contributed by atoms with E-state index in [1.54, 1.807) is 4.57 Å². The van der Waals surface area contributed by atoms with Crippen LogP contribution in [0.1, 0.15) is 6.42 Å². The number of aromatic amines is 1. The molecule has 1 aliphatic rings. The summed E-state index contributed by atoms with van der Waals surface area (Å²) in [5.74, 6) is 0.112. The molecular weight excluding hydrogens is 273 g/mol. The monoisotopic (exact) mass is 288 g/mol. The van der Waals surface area contributed by atoms with E-state index in [0.717, 1.165) is 6.42 Å². The Labute approximate surface area is 136 Å². The minimum atomic E-state index is -0.381. The van der Waals surface area contributed by atoms with E-state index in [0.29, 0.717) is 12.2 Å². The van der Waals surface area contributed by atoms with Gasteiger partial charge in [-0.2, -0.15) is 4.98 Å². The Morgan fingerprint density at radius 1 is 1.55 bits per heavy atom. The molecule has 2 aromatic heterocycles. The van der Waals surface area contributed by atoms with Crippen LogP contribution >= 0.6 is 0 Å². The van der Waals surface area contributed by atoms with Crippen LogP contribution in [0.25, 0.3) is 11.2 Å². The van der Waals surface area contributed by atoms with Crippen LogP contribution in [-0.4, -0.2) is 72.5 Å². The van der Waals surface area contributed by atoms with Crippen molar-refractivity contribution in [2.75, 3.05) is 18.9 Å². The minimum Gasteiger partial charge on any atom is -0.396 e. The van der Waals surface area contributed by atoms with Crippen LogP contribution in [0.2, 0.25) is 0 Å². The number of hydrogen-bond donors (Lipinski definition) is 4. The zero-order chi connectivity index (χ0) is 13.6. The second-order valence-corrected chi connectivity index (χ2v) is 5.10. The average molecular weight is 288 g/mol. The molecule has 0 saturated heterocycles. The van der Waals surface area contributed by atoms with Gasteiger partial charge in [-0.3, -0.25) is 9.78 Å². The SMILES string of the molecule is Nc1nc2c(ncn2C[C@]2(CO)C[C@H]2CO)c(=O)[nH]1.[Na]. The Balaban J connectivity index is 0.00000147. The summed E-state index contributed by atoms with van der Waals surface area (Å²) >= 11 is 0. The van der Waals surface area contributed by atoms with E-state index in [2.05, 4.69) is 15.0 Å². The molecule has 0 aromatic carbocycles. The Morgan fingerprint density at radius 3 is 2.90 bits per heavy atom. The fourth-order valence-corrected chi connectivity index (χ4v) is 2.55. The van der Waals surface area contributed by atoms with Crippen molar-refractivity contribution in [1.82, 2.24) is 19.5 Å². The first-order chi connectivity index (χ1) is 9.09. The number of H-pyrrole nitrogens is 1. The Hall–Kier alpha value is -0.930. The second-order valence-electron chi connectivity index (χ2n) is 5.10. The van der Waals surface area contributed by atoms with Gasteiger partial charge in [-0.15, -0.1) is 0 Å². The number of hydrogen-bond acceptors (Lipinski definition) is 6. The van der Waals surface area contributed by atoms with Gasteiger partial charge in [0.15, 0.2) is 11.2 Å². The molecule has 0 bridgehead atoms. The van der Waals surface area contributed by atoms with E-state index < -0.39 is 0 Å². The zero-order valence-corrected chi connectivity index (χ0v) is 13.2. The number of nitrogen functional groups attached to an aromatic ring is 1. The number of nitrogens with zero attached hydrogens (tertiary/aromatic N) is 3. The number of imidazole rings is 1. The van der Waals surface area contributed by atoms with Crippen LogP contribution in [0.4, 0.5) is 5.95 Å². The molecule has 1 fully saturated rings. The average Bonchev–Trinajstić information content (AvgIpc) is 2.95. The maximum atomic E-state index is 11.6. The summed E-state index contributed by atoms with van der Waals surface area (Å²) < 4.78 is 1.70.